The number of fused-ring (bicyclic) bond motifs is 1. The summed E-state index contributed by atoms with van der Waals surface area (Å²) in [6.07, 6.45) is 6.67. The molecular formula is C16H19NO3. The Morgan fingerprint density at radius 3 is 3.20 bits per heavy atom. The summed E-state index contributed by atoms with van der Waals surface area (Å²) in [5.74, 6) is 0.891. The Kier molecular flexibility index (Phi) is 4.02. The molecule has 1 aromatic rings. The van der Waals surface area contributed by atoms with E-state index in [-0.39, 0.29) is 12.0 Å². The normalized spacial score (nSPS) is 20.9. The van der Waals surface area contributed by atoms with Crippen LogP contribution in [0.5, 0.6) is 5.75 Å². The summed E-state index contributed by atoms with van der Waals surface area (Å²) in [6, 6.07) is 6.01. The highest BCUT2D eigenvalue weighted by atomic mass is 16.5. The van der Waals surface area contributed by atoms with Gasteiger partial charge in [0.2, 0.25) is 5.91 Å². The average molecular weight is 273 g/mol. The van der Waals surface area contributed by atoms with Crippen molar-refractivity contribution in [2.24, 2.45) is 0 Å². The maximum Gasteiger partial charge on any atom is 0.244 e. The Hall–Kier alpha value is -1.81. The first-order valence-corrected chi connectivity index (χ1v) is 7.14. The summed E-state index contributed by atoms with van der Waals surface area (Å²) in [5.41, 5.74) is 2.24. The summed E-state index contributed by atoms with van der Waals surface area (Å²) >= 11 is 0. The van der Waals surface area contributed by atoms with Crippen LogP contribution >= 0.6 is 0 Å². The molecule has 2 aliphatic rings. The van der Waals surface area contributed by atoms with Crippen LogP contribution in [0, 0.1) is 0 Å². The highest BCUT2D eigenvalue weighted by Gasteiger charge is 2.15. The molecule has 0 aromatic heterocycles. The van der Waals surface area contributed by atoms with Crippen molar-refractivity contribution >= 4 is 12.0 Å². The van der Waals surface area contributed by atoms with Gasteiger partial charge in [0.1, 0.15) is 5.75 Å². The summed E-state index contributed by atoms with van der Waals surface area (Å²) in [7, 11) is 0. The molecule has 0 aliphatic carbocycles. The van der Waals surface area contributed by atoms with Crippen LogP contribution in [-0.2, 0) is 16.0 Å². The Labute approximate surface area is 118 Å². The third kappa shape index (κ3) is 3.20. The van der Waals surface area contributed by atoms with E-state index in [9.17, 15) is 4.79 Å². The molecule has 0 spiro atoms. The number of nitrogens with one attached hydrogen (secondary N) is 1. The van der Waals surface area contributed by atoms with Crippen molar-refractivity contribution in [1.29, 1.82) is 0 Å². The van der Waals surface area contributed by atoms with Gasteiger partial charge < -0.3 is 14.8 Å². The van der Waals surface area contributed by atoms with Gasteiger partial charge >= 0.3 is 0 Å². The molecule has 1 unspecified atom stereocenters. The lowest BCUT2D eigenvalue weighted by atomic mass is 10.1. The lowest BCUT2D eigenvalue weighted by Crippen LogP contribution is -2.30. The van der Waals surface area contributed by atoms with Gasteiger partial charge in [-0.15, -0.1) is 0 Å². The van der Waals surface area contributed by atoms with E-state index in [1.54, 1.807) is 6.08 Å². The molecule has 1 N–H and O–H groups in total. The van der Waals surface area contributed by atoms with Crippen molar-refractivity contribution in [2.75, 3.05) is 19.8 Å². The van der Waals surface area contributed by atoms with Crippen molar-refractivity contribution in [2.45, 2.75) is 25.4 Å². The van der Waals surface area contributed by atoms with Crippen LogP contribution in [-0.4, -0.2) is 31.8 Å². The zero-order valence-corrected chi connectivity index (χ0v) is 11.4. The zero-order valence-electron chi connectivity index (χ0n) is 11.4. The number of hydrogen-bond acceptors (Lipinski definition) is 3. The van der Waals surface area contributed by atoms with Crippen molar-refractivity contribution in [3.8, 4) is 5.75 Å². The first-order chi connectivity index (χ1) is 9.81. The monoisotopic (exact) mass is 273 g/mol. The van der Waals surface area contributed by atoms with E-state index in [1.807, 2.05) is 18.2 Å². The van der Waals surface area contributed by atoms with Gasteiger partial charge in [-0.05, 0) is 42.2 Å². The summed E-state index contributed by atoms with van der Waals surface area (Å²) < 4.78 is 10.9. The molecule has 0 radical (unpaired) electrons. The van der Waals surface area contributed by atoms with Gasteiger partial charge in [0.25, 0.3) is 0 Å². The fourth-order valence-corrected chi connectivity index (χ4v) is 2.56. The molecule has 0 bridgehead atoms. The number of carbonyl (C=O) groups excluding carboxylic acids is 1. The van der Waals surface area contributed by atoms with E-state index < -0.39 is 0 Å². The maximum absolute atomic E-state index is 11.7. The van der Waals surface area contributed by atoms with Crippen LogP contribution in [0.25, 0.3) is 6.08 Å². The largest absolute Gasteiger partial charge is 0.493 e. The molecule has 1 amide bonds. The van der Waals surface area contributed by atoms with Gasteiger partial charge in [0, 0.05) is 25.6 Å². The second kappa shape index (κ2) is 6.09. The quantitative estimate of drug-likeness (QED) is 0.853. The van der Waals surface area contributed by atoms with Crippen molar-refractivity contribution < 1.29 is 14.3 Å². The minimum atomic E-state index is -0.0720. The van der Waals surface area contributed by atoms with Gasteiger partial charge in [-0.1, -0.05) is 6.07 Å². The molecule has 1 aromatic carbocycles. The van der Waals surface area contributed by atoms with Crippen molar-refractivity contribution in [3.63, 3.8) is 0 Å². The molecule has 3 rings (SSSR count). The van der Waals surface area contributed by atoms with Gasteiger partial charge in [-0.3, -0.25) is 4.79 Å². The number of rotatable bonds is 4. The van der Waals surface area contributed by atoms with E-state index in [0.717, 1.165) is 43.8 Å². The van der Waals surface area contributed by atoms with E-state index in [0.29, 0.717) is 6.54 Å². The molecule has 1 atom stereocenters. The minimum Gasteiger partial charge on any atom is -0.493 e. The van der Waals surface area contributed by atoms with Gasteiger partial charge in [-0.25, -0.2) is 0 Å². The second-order valence-electron chi connectivity index (χ2n) is 5.18. The van der Waals surface area contributed by atoms with Gasteiger partial charge in [0.15, 0.2) is 0 Å². The highest BCUT2D eigenvalue weighted by molar-refractivity contribution is 5.91. The highest BCUT2D eigenvalue weighted by Crippen LogP contribution is 2.26. The Morgan fingerprint density at radius 1 is 1.40 bits per heavy atom. The van der Waals surface area contributed by atoms with Crippen LogP contribution in [0.15, 0.2) is 24.3 Å². The number of benzene rings is 1. The molecule has 2 heterocycles. The Balaban J connectivity index is 1.52. The fraction of sp³-hybridized carbons (Fsp3) is 0.438. The van der Waals surface area contributed by atoms with Crippen LogP contribution < -0.4 is 10.1 Å². The number of carbonyl (C=O) groups is 1. The molecule has 4 heteroatoms. The lowest BCUT2D eigenvalue weighted by Gasteiger charge is -2.08. The van der Waals surface area contributed by atoms with Gasteiger partial charge in [-0.2, -0.15) is 0 Å². The molecule has 106 valence electrons. The molecule has 4 nitrogen and oxygen atoms in total. The van der Waals surface area contributed by atoms with E-state index in [1.165, 1.54) is 5.56 Å². The van der Waals surface area contributed by atoms with E-state index in [2.05, 4.69) is 11.4 Å². The maximum atomic E-state index is 11.7. The fourth-order valence-electron chi connectivity index (χ4n) is 2.56. The first-order valence-electron chi connectivity index (χ1n) is 7.14. The average Bonchev–Trinajstić information content (AvgIpc) is 3.13. The SMILES string of the molecule is O=C(/C=C/c1ccc2c(c1)CCO2)NCC1CCCO1. The van der Waals surface area contributed by atoms with Crippen LogP contribution in [0.3, 0.4) is 0 Å². The zero-order chi connectivity index (χ0) is 13.8. The predicted octanol–water partition coefficient (Wildman–Crippen LogP) is 1.93. The van der Waals surface area contributed by atoms with Crippen molar-refractivity contribution in [3.05, 3.63) is 35.4 Å². The molecule has 0 saturated carbocycles. The second-order valence-corrected chi connectivity index (χ2v) is 5.18. The predicted molar refractivity (Wildman–Crippen MR) is 76.7 cm³/mol. The topological polar surface area (TPSA) is 47.6 Å². The van der Waals surface area contributed by atoms with Crippen molar-refractivity contribution in [1.82, 2.24) is 5.32 Å². The standard InChI is InChI=1S/C16H19NO3/c18-16(17-11-14-2-1-8-19-14)6-4-12-3-5-15-13(10-12)7-9-20-15/h3-6,10,14H,1-2,7-9,11H2,(H,17,18)/b6-4+. The van der Waals surface area contributed by atoms with Crippen LogP contribution in [0.1, 0.15) is 24.0 Å². The Morgan fingerprint density at radius 2 is 2.35 bits per heavy atom. The molecular weight excluding hydrogens is 254 g/mol. The minimum absolute atomic E-state index is 0.0720. The lowest BCUT2D eigenvalue weighted by molar-refractivity contribution is -0.116. The first kappa shape index (κ1) is 13.2. The molecule has 20 heavy (non-hydrogen) atoms. The van der Waals surface area contributed by atoms with Crippen LogP contribution in [0.2, 0.25) is 0 Å². The third-order valence-corrected chi connectivity index (χ3v) is 3.67. The molecule has 1 saturated heterocycles. The third-order valence-electron chi connectivity index (χ3n) is 3.67. The van der Waals surface area contributed by atoms with E-state index >= 15 is 0 Å². The summed E-state index contributed by atoms with van der Waals surface area (Å²) in [5, 5.41) is 2.87. The van der Waals surface area contributed by atoms with E-state index in [4.69, 9.17) is 9.47 Å². The smallest absolute Gasteiger partial charge is 0.244 e. The number of ether oxygens (including phenoxy) is 2. The summed E-state index contributed by atoms with van der Waals surface area (Å²) in [4.78, 5) is 11.7. The molecule has 1 fully saturated rings. The Bertz CT molecular complexity index is 518. The van der Waals surface area contributed by atoms with Gasteiger partial charge in [0.05, 0.1) is 12.7 Å². The molecule has 2 aliphatic heterocycles. The van der Waals surface area contributed by atoms with Crippen LogP contribution in [0.4, 0.5) is 0 Å². The number of amides is 1. The number of hydrogen-bond donors (Lipinski definition) is 1. The summed E-state index contributed by atoms with van der Waals surface area (Å²) in [6.45, 7) is 2.17.